The summed E-state index contributed by atoms with van der Waals surface area (Å²) < 4.78 is 0. The summed E-state index contributed by atoms with van der Waals surface area (Å²) in [4.78, 5) is 23.6. The van der Waals surface area contributed by atoms with E-state index in [1.54, 1.807) is 0 Å². The van der Waals surface area contributed by atoms with Gasteiger partial charge >= 0.3 is 5.97 Å². The van der Waals surface area contributed by atoms with Crippen molar-refractivity contribution in [1.29, 1.82) is 0 Å². The van der Waals surface area contributed by atoms with Crippen LogP contribution in [0.3, 0.4) is 0 Å². The van der Waals surface area contributed by atoms with Crippen molar-refractivity contribution >= 4 is 11.9 Å². The van der Waals surface area contributed by atoms with Gasteiger partial charge in [0.2, 0.25) is 5.91 Å². The molecular formula is C31H53NO3. The van der Waals surface area contributed by atoms with Gasteiger partial charge in [0.25, 0.3) is 0 Å². The molecule has 0 spiro atoms. The summed E-state index contributed by atoms with van der Waals surface area (Å²) in [5.74, 6) is -1.13. The van der Waals surface area contributed by atoms with E-state index < -0.39 is 12.0 Å². The summed E-state index contributed by atoms with van der Waals surface area (Å²) in [5, 5.41) is 12.1. The van der Waals surface area contributed by atoms with Crippen molar-refractivity contribution in [2.45, 2.75) is 148 Å². The summed E-state index contributed by atoms with van der Waals surface area (Å²) in [5.41, 5.74) is 0.920. The highest BCUT2D eigenvalue weighted by Crippen LogP contribution is 2.15. The molecule has 1 atom stereocenters. The van der Waals surface area contributed by atoms with Gasteiger partial charge in [0.05, 0.1) is 0 Å². The van der Waals surface area contributed by atoms with Crippen LogP contribution >= 0.6 is 0 Å². The summed E-state index contributed by atoms with van der Waals surface area (Å²) in [6, 6.07) is 8.59. The molecule has 0 aliphatic rings. The van der Waals surface area contributed by atoms with Crippen molar-refractivity contribution in [2.24, 2.45) is 0 Å². The third-order valence-electron chi connectivity index (χ3n) is 6.92. The lowest BCUT2D eigenvalue weighted by atomic mass is 10.0. The van der Waals surface area contributed by atoms with Crippen LogP contribution in [0.15, 0.2) is 30.3 Å². The van der Waals surface area contributed by atoms with Crippen molar-refractivity contribution in [3.63, 3.8) is 0 Å². The van der Waals surface area contributed by atoms with Crippen molar-refractivity contribution in [2.75, 3.05) is 0 Å². The van der Waals surface area contributed by atoms with Gasteiger partial charge in [-0.05, 0) is 12.0 Å². The number of unbranched alkanes of at least 4 members (excludes halogenated alkanes) is 18. The summed E-state index contributed by atoms with van der Waals surface area (Å²) in [6.45, 7) is 2.28. The van der Waals surface area contributed by atoms with E-state index in [0.29, 0.717) is 12.8 Å². The first-order valence-electron chi connectivity index (χ1n) is 14.7. The van der Waals surface area contributed by atoms with E-state index in [1.807, 2.05) is 30.3 Å². The van der Waals surface area contributed by atoms with Crippen LogP contribution in [0.25, 0.3) is 0 Å². The van der Waals surface area contributed by atoms with Crippen molar-refractivity contribution in [1.82, 2.24) is 5.32 Å². The molecule has 1 aromatic rings. The largest absolute Gasteiger partial charge is 0.480 e. The number of rotatable bonds is 24. The van der Waals surface area contributed by atoms with Crippen molar-refractivity contribution < 1.29 is 14.7 Å². The molecule has 1 aromatic carbocycles. The van der Waals surface area contributed by atoms with Gasteiger partial charge in [-0.25, -0.2) is 4.79 Å². The second-order valence-electron chi connectivity index (χ2n) is 10.3. The molecule has 200 valence electrons. The minimum absolute atomic E-state index is 0.152. The highest BCUT2D eigenvalue weighted by molar-refractivity contribution is 5.83. The Hall–Kier alpha value is -1.84. The molecule has 4 nitrogen and oxygen atoms in total. The van der Waals surface area contributed by atoms with Crippen LogP contribution in [0.5, 0.6) is 0 Å². The highest BCUT2D eigenvalue weighted by atomic mass is 16.4. The minimum Gasteiger partial charge on any atom is -0.480 e. The van der Waals surface area contributed by atoms with E-state index in [4.69, 9.17) is 0 Å². The van der Waals surface area contributed by atoms with Gasteiger partial charge in [-0.2, -0.15) is 0 Å². The first kappa shape index (κ1) is 31.2. The molecule has 0 radical (unpaired) electrons. The predicted octanol–water partition coefficient (Wildman–Crippen LogP) is 8.62. The van der Waals surface area contributed by atoms with E-state index in [2.05, 4.69) is 12.2 Å². The van der Waals surface area contributed by atoms with Gasteiger partial charge in [-0.3, -0.25) is 4.79 Å². The molecule has 0 saturated carbocycles. The van der Waals surface area contributed by atoms with Crippen LogP contribution in [-0.4, -0.2) is 23.0 Å². The maximum absolute atomic E-state index is 12.2. The third-order valence-corrected chi connectivity index (χ3v) is 6.92. The third kappa shape index (κ3) is 19.1. The van der Waals surface area contributed by atoms with Crippen LogP contribution in [-0.2, 0) is 16.0 Å². The number of aliphatic carboxylic acids is 1. The lowest BCUT2D eigenvalue weighted by Crippen LogP contribution is -2.42. The smallest absolute Gasteiger partial charge is 0.326 e. The second kappa shape index (κ2) is 22.6. The summed E-state index contributed by atoms with van der Waals surface area (Å²) in [6.07, 6.45) is 26.0. The molecule has 35 heavy (non-hydrogen) atoms. The summed E-state index contributed by atoms with van der Waals surface area (Å²) >= 11 is 0. The topological polar surface area (TPSA) is 66.4 Å². The molecule has 1 amide bonds. The molecule has 4 heteroatoms. The highest BCUT2D eigenvalue weighted by Gasteiger charge is 2.19. The minimum atomic E-state index is -0.977. The lowest BCUT2D eigenvalue weighted by molar-refractivity contribution is -0.141. The van der Waals surface area contributed by atoms with Crippen molar-refractivity contribution in [3.8, 4) is 0 Å². The average Bonchev–Trinajstić information content (AvgIpc) is 2.85. The molecule has 1 unspecified atom stereocenters. The molecule has 0 fully saturated rings. The number of amides is 1. The van der Waals surface area contributed by atoms with Crippen LogP contribution in [0.1, 0.15) is 141 Å². The predicted molar refractivity (Wildman–Crippen MR) is 148 cm³/mol. The van der Waals surface area contributed by atoms with E-state index in [-0.39, 0.29) is 5.91 Å². The van der Waals surface area contributed by atoms with Gasteiger partial charge in [0.15, 0.2) is 0 Å². The SMILES string of the molecule is CCCCCCCCCCCCCCCCCCCCCC(=O)NC(Cc1ccccc1)C(=O)O. The zero-order valence-corrected chi connectivity index (χ0v) is 22.6. The molecule has 0 aromatic heterocycles. The number of carbonyl (C=O) groups excluding carboxylic acids is 1. The van der Waals surface area contributed by atoms with Crippen LogP contribution in [0.2, 0.25) is 0 Å². The summed E-state index contributed by atoms with van der Waals surface area (Å²) in [7, 11) is 0. The number of hydrogen-bond donors (Lipinski definition) is 2. The Morgan fingerprint density at radius 1 is 0.657 bits per heavy atom. The first-order chi connectivity index (χ1) is 17.1. The van der Waals surface area contributed by atoms with Crippen molar-refractivity contribution in [3.05, 3.63) is 35.9 Å². The number of hydrogen-bond acceptors (Lipinski definition) is 2. The fraction of sp³-hybridized carbons (Fsp3) is 0.742. The molecular weight excluding hydrogens is 434 g/mol. The van der Waals surface area contributed by atoms with Crippen LogP contribution in [0, 0.1) is 0 Å². The van der Waals surface area contributed by atoms with Gasteiger partial charge in [0, 0.05) is 12.8 Å². The monoisotopic (exact) mass is 487 g/mol. The quantitative estimate of drug-likeness (QED) is 0.143. The van der Waals surface area contributed by atoms with E-state index in [1.165, 1.54) is 103 Å². The zero-order valence-electron chi connectivity index (χ0n) is 22.6. The maximum Gasteiger partial charge on any atom is 0.326 e. The molecule has 1 rings (SSSR count). The molecule has 0 aliphatic carbocycles. The number of nitrogens with one attached hydrogen (secondary N) is 1. The van der Waals surface area contributed by atoms with Crippen LogP contribution < -0.4 is 5.32 Å². The number of carboxylic acid groups (broad SMARTS) is 1. The molecule has 2 N–H and O–H groups in total. The second-order valence-corrected chi connectivity index (χ2v) is 10.3. The maximum atomic E-state index is 12.2. The Morgan fingerprint density at radius 2 is 1.06 bits per heavy atom. The van der Waals surface area contributed by atoms with Gasteiger partial charge in [0.1, 0.15) is 6.04 Å². The van der Waals surface area contributed by atoms with E-state index in [9.17, 15) is 14.7 Å². The number of carbonyl (C=O) groups is 2. The fourth-order valence-electron chi connectivity index (χ4n) is 4.68. The molecule has 0 aliphatic heterocycles. The van der Waals surface area contributed by atoms with Gasteiger partial charge in [-0.1, -0.05) is 153 Å². The number of benzene rings is 1. The standard InChI is InChI=1S/C31H53NO3/c1-2-3-4-5-6-7-8-9-10-11-12-13-14-15-16-17-18-19-23-26-30(33)32-29(31(34)35)27-28-24-21-20-22-25-28/h20-22,24-25,29H,2-19,23,26-27H2,1H3,(H,32,33)(H,34,35). The Balaban J connectivity index is 1.87. The zero-order chi connectivity index (χ0) is 25.4. The Morgan fingerprint density at radius 3 is 1.46 bits per heavy atom. The molecule has 0 heterocycles. The average molecular weight is 488 g/mol. The normalized spacial score (nSPS) is 11.9. The first-order valence-corrected chi connectivity index (χ1v) is 14.7. The molecule has 0 bridgehead atoms. The lowest BCUT2D eigenvalue weighted by Gasteiger charge is -2.14. The van der Waals surface area contributed by atoms with Gasteiger partial charge < -0.3 is 10.4 Å². The Labute approximate surface area is 215 Å². The number of carboxylic acids is 1. The van der Waals surface area contributed by atoms with E-state index >= 15 is 0 Å². The van der Waals surface area contributed by atoms with Crippen LogP contribution in [0.4, 0.5) is 0 Å². The fourth-order valence-corrected chi connectivity index (χ4v) is 4.68. The molecule has 0 saturated heterocycles. The Bertz CT molecular complexity index is 631. The van der Waals surface area contributed by atoms with E-state index in [0.717, 1.165) is 24.8 Å². The van der Waals surface area contributed by atoms with Gasteiger partial charge in [-0.15, -0.1) is 0 Å². The Kier molecular flexibility index (Phi) is 20.2.